The Morgan fingerprint density at radius 2 is 1.29 bits per heavy atom. The molecule has 0 saturated heterocycles. The van der Waals surface area contributed by atoms with Crippen LogP contribution in [0.15, 0.2) is 163 Å². The molecule has 3 aromatic rings. The van der Waals surface area contributed by atoms with Crippen molar-refractivity contribution in [2.45, 2.75) is 13.3 Å². The minimum atomic E-state index is -0.180. The standard InChI is InChI=1S/C34H30N2O2/c1-3-4-8-16-27(2)35(30-19-9-5-10-20-30)33(37)28-17-15-18-29(26-25-28)34(38)36(31-21-11-6-12-22-31)32-23-13-7-14-24-32/h3-17,19-26H,1,18H2,2H3/b8-4-,27-16+. The molecule has 188 valence electrons. The average molecular weight is 499 g/mol. The Bertz CT molecular complexity index is 1390. The lowest BCUT2D eigenvalue weighted by Crippen LogP contribution is -2.30. The molecule has 1 aliphatic carbocycles. The summed E-state index contributed by atoms with van der Waals surface area (Å²) in [6, 6.07) is 28.7. The van der Waals surface area contributed by atoms with Gasteiger partial charge in [0.2, 0.25) is 0 Å². The number of nitrogens with zero attached hydrogens (tertiary/aromatic N) is 2. The number of para-hydroxylation sites is 3. The van der Waals surface area contributed by atoms with E-state index in [1.165, 1.54) is 0 Å². The lowest BCUT2D eigenvalue weighted by atomic mass is 10.1. The average Bonchev–Trinajstić information content (AvgIpc) is 3.22. The van der Waals surface area contributed by atoms with Crippen LogP contribution in [0.4, 0.5) is 17.1 Å². The van der Waals surface area contributed by atoms with Crippen molar-refractivity contribution < 1.29 is 9.59 Å². The number of benzene rings is 3. The van der Waals surface area contributed by atoms with Gasteiger partial charge in [-0.05, 0) is 61.9 Å². The molecule has 0 N–H and O–H groups in total. The van der Waals surface area contributed by atoms with Gasteiger partial charge in [0.1, 0.15) is 0 Å². The molecule has 4 rings (SSSR count). The summed E-state index contributed by atoms with van der Waals surface area (Å²) in [7, 11) is 0. The smallest absolute Gasteiger partial charge is 0.262 e. The van der Waals surface area contributed by atoms with Crippen LogP contribution in [0.5, 0.6) is 0 Å². The topological polar surface area (TPSA) is 40.6 Å². The highest BCUT2D eigenvalue weighted by Gasteiger charge is 2.24. The van der Waals surface area contributed by atoms with Gasteiger partial charge in [0.15, 0.2) is 0 Å². The van der Waals surface area contributed by atoms with E-state index in [0.29, 0.717) is 17.6 Å². The van der Waals surface area contributed by atoms with E-state index in [1.807, 2.05) is 122 Å². The lowest BCUT2D eigenvalue weighted by Gasteiger charge is -2.24. The van der Waals surface area contributed by atoms with Crippen molar-refractivity contribution in [1.29, 1.82) is 0 Å². The van der Waals surface area contributed by atoms with Crippen molar-refractivity contribution in [3.05, 3.63) is 163 Å². The van der Waals surface area contributed by atoms with Gasteiger partial charge in [-0.25, -0.2) is 0 Å². The van der Waals surface area contributed by atoms with E-state index in [4.69, 9.17) is 0 Å². The number of carbonyl (C=O) groups is 2. The molecule has 3 aromatic carbocycles. The van der Waals surface area contributed by atoms with Gasteiger partial charge in [0.05, 0.1) is 0 Å². The van der Waals surface area contributed by atoms with Crippen LogP contribution >= 0.6 is 0 Å². The van der Waals surface area contributed by atoms with Crippen molar-refractivity contribution in [2.75, 3.05) is 9.80 Å². The first-order chi connectivity index (χ1) is 18.6. The highest BCUT2D eigenvalue weighted by atomic mass is 16.2. The summed E-state index contributed by atoms with van der Waals surface area (Å²) in [4.78, 5) is 31.0. The second kappa shape index (κ2) is 12.8. The van der Waals surface area contributed by atoms with E-state index in [1.54, 1.807) is 34.1 Å². The summed E-state index contributed by atoms with van der Waals surface area (Å²) in [5, 5.41) is 0. The fourth-order valence-electron chi connectivity index (χ4n) is 4.14. The molecule has 0 unspecified atom stereocenters. The van der Waals surface area contributed by atoms with Gasteiger partial charge in [-0.2, -0.15) is 0 Å². The molecule has 4 nitrogen and oxygen atoms in total. The highest BCUT2D eigenvalue weighted by Crippen LogP contribution is 2.29. The molecule has 0 radical (unpaired) electrons. The van der Waals surface area contributed by atoms with E-state index < -0.39 is 0 Å². The zero-order chi connectivity index (χ0) is 26.7. The van der Waals surface area contributed by atoms with Gasteiger partial charge in [-0.15, -0.1) is 0 Å². The Kier molecular flexibility index (Phi) is 8.82. The molecule has 0 aromatic heterocycles. The molecule has 0 spiro atoms. The fraction of sp³-hybridized carbons (Fsp3) is 0.0588. The van der Waals surface area contributed by atoms with Gasteiger partial charge >= 0.3 is 0 Å². The number of carbonyl (C=O) groups excluding carboxylic acids is 2. The Labute approximate surface area is 224 Å². The van der Waals surface area contributed by atoms with E-state index in [0.717, 1.165) is 22.8 Å². The maximum absolute atomic E-state index is 13.8. The first kappa shape index (κ1) is 26.1. The Balaban J connectivity index is 1.68. The van der Waals surface area contributed by atoms with E-state index in [9.17, 15) is 9.59 Å². The molecule has 0 atom stereocenters. The van der Waals surface area contributed by atoms with E-state index >= 15 is 0 Å². The van der Waals surface area contributed by atoms with Gasteiger partial charge in [-0.3, -0.25) is 19.4 Å². The predicted molar refractivity (Wildman–Crippen MR) is 157 cm³/mol. The minimum absolute atomic E-state index is 0.137. The third kappa shape index (κ3) is 6.23. The monoisotopic (exact) mass is 498 g/mol. The normalized spacial score (nSPS) is 13.3. The molecule has 2 amide bonds. The van der Waals surface area contributed by atoms with Crippen molar-refractivity contribution in [3.63, 3.8) is 0 Å². The summed E-state index contributed by atoms with van der Waals surface area (Å²) in [6.45, 7) is 5.59. The largest absolute Gasteiger partial charge is 0.281 e. The summed E-state index contributed by atoms with van der Waals surface area (Å²) in [5.41, 5.74) is 4.16. The molecular weight excluding hydrogens is 468 g/mol. The number of allylic oxidation sites excluding steroid dienone is 8. The zero-order valence-electron chi connectivity index (χ0n) is 21.4. The van der Waals surface area contributed by atoms with Crippen LogP contribution in [0.3, 0.4) is 0 Å². The summed E-state index contributed by atoms with van der Waals surface area (Å²) in [5.74, 6) is -0.316. The molecule has 38 heavy (non-hydrogen) atoms. The highest BCUT2D eigenvalue weighted by molar-refractivity contribution is 6.12. The molecule has 1 aliphatic rings. The molecule has 0 heterocycles. The summed E-state index contributed by atoms with van der Waals surface area (Å²) < 4.78 is 0. The first-order valence-electron chi connectivity index (χ1n) is 12.5. The van der Waals surface area contributed by atoms with Crippen LogP contribution in [0.1, 0.15) is 13.3 Å². The van der Waals surface area contributed by atoms with Crippen LogP contribution in [-0.4, -0.2) is 11.8 Å². The Morgan fingerprint density at radius 3 is 1.84 bits per heavy atom. The second-order valence-corrected chi connectivity index (χ2v) is 8.64. The third-order valence-electron chi connectivity index (χ3n) is 6.01. The Morgan fingerprint density at radius 1 is 0.737 bits per heavy atom. The predicted octanol–water partition coefficient (Wildman–Crippen LogP) is 7.84. The molecule has 0 aliphatic heterocycles. The van der Waals surface area contributed by atoms with E-state index in [2.05, 4.69) is 6.58 Å². The molecule has 0 bridgehead atoms. The van der Waals surface area contributed by atoms with Crippen molar-refractivity contribution in [2.24, 2.45) is 0 Å². The van der Waals surface area contributed by atoms with Gasteiger partial charge < -0.3 is 0 Å². The van der Waals surface area contributed by atoms with Gasteiger partial charge in [0.25, 0.3) is 11.8 Å². The number of anilines is 3. The lowest BCUT2D eigenvalue weighted by molar-refractivity contribution is -0.115. The number of hydrogen-bond donors (Lipinski definition) is 0. The quantitative estimate of drug-likeness (QED) is 0.297. The molecule has 0 saturated carbocycles. The van der Waals surface area contributed by atoms with Crippen LogP contribution < -0.4 is 9.80 Å². The maximum Gasteiger partial charge on any atom is 0.262 e. The summed E-state index contributed by atoms with van der Waals surface area (Å²) in [6.07, 6.45) is 14.8. The summed E-state index contributed by atoms with van der Waals surface area (Å²) >= 11 is 0. The first-order valence-corrected chi connectivity index (χ1v) is 12.5. The zero-order valence-corrected chi connectivity index (χ0v) is 21.4. The van der Waals surface area contributed by atoms with Gasteiger partial charge in [0, 0.05) is 33.9 Å². The second-order valence-electron chi connectivity index (χ2n) is 8.64. The van der Waals surface area contributed by atoms with Crippen molar-refractivity contribution >= 4 is 28.9 Å². The fourth-order valence-corrected chi connectivity index (χ4v) is 4.14. The molecule has 4 heteroatoms. The van der Waals surface area contributed by atoms with Crippen LogP contribution in [0.25, 0.3) is 0 Å². The van der Waals surface area contributed by atoms with Crippen LogP contribution in [-0.2, 0) is 9.59 Å². The van der Waals surface area contributed by atoms with Crippen LogP contribution in [0.2, 0.25) is 0 Å². The van der Waals surface area contributed by atoms with Crippen molar-refractivity contribution in [3.8, 4) is 0 Å². The number of hydrogen-bond acceptors (Lipinski definition) is 2. The van der Waals surface area contributed by atoms with Crippen LogP contribution in [0, 0.1) is 0 Å². The SMILES string of the molecule is C=C/C=C\C=C(/C)N(C(=O)C1=CC=C(C(=O)N(c2ccccc2)c2ccccc2)CC=C1)c1ccccc1. The van der Waals surface area contributed by atoms with Crippen molar-refractivity contribution in [1.82, 2.24) is 0 Å². The maximum atomic E-state index is 13.8. The number of rotatable bonds is 8. The minimum Gasteiger partial charge on any atom is -0.281 e. The van der Waals surface area contributed by atoms with E-state index in [-0.39, 0.29) is 11.8 Å². The Hall–Kier alpha value is -4.96. The number of amides is 2. The molecular formula is C34H30N2O2. The molecule has 0 fully saturated rings. The third-order valence-corrected chi connectivity index (χ3v) is 6.01. The van der Waals surface area contributed by atoms with Gasteiger partial charge in [-0.1, -0.05) is 97.6 Å².